The molecule has 0 bridgehead atoms. The zero-order valence-corrected chi connectivity index (χ0v) is 19.6. The number of aromatic nitrogens is 6. The molecule has 0 unspecified atom stereocenters. The number of anilines is 1. The van der Waals surface area contributed by atoms with Crippen LogP contribution in [0.4, 0.5) is 5.82 Å². The number of amides is 1. The maximum Gasteiger partial charge on any atom is 0.258 e. The summed E-state index contributed by atoms with van der Waals surface area (Å²) in [7, 11) is 0. The van der Waals surface area contributed by atoms with E-state index in [9.17, 15) is 4.79 Å². The number of hydrogen-bond donors (Lipinski definition) is 1. The molecule has 0 spiro atoms. The number of nitrogens with one attached hydrogen (secondary N) is 1. The van der Waals surface area contributed by atoms with E-state index in [-0.39, 0.29) is 11.9 Å². The van der Waals surface area contributed by atoms with Crippen LogP contribution >= 0.6 is 0 Å². The molecule has 1 N–H and O–H groups in total. The Balaban J connectivity index is 1.37. The fourth-order valence-corrected chi connectivity index (χ4v) is 4.30. The number of imidazole rings is 1. The van der Waals surface area contributed by atoms with Crippen LogP contribution in [0.1, 0.15) is 54.7 Å². The van der Waals surface area contributed by atoms with Crippen molar-refractivity contribution in [2.45, 2.75) is 38.6 Å². The van der Waals surface area contributed by atoms with Crippen LogP contribution < -0.4 is 5.32 Å². The van der Waals surface area contributed by atoms with Crippen molar-refractivity contribution in [1.29, 1.82) is 0 Å². The summed E-state index contributed by atoms with van der Waals surface area (Å²) in [5.41, 5.74) is 3.07. The molecule has 3 aromatic heterocycles. The van der Waals surface area contributed by atoms with Crippen LogP contribution in [0, 0.1) is 0 Å². The maximum absolute atomic E-state index is 13.6. The second-order valence-corrected chi connectivity index (χ2v) is 9.21. The summed E-state index contributed by atoms with van der Waals surface area (Å²) in [5, 5.41) is 13.3. The summed E-state index contributed by atoms with van der Waals surface area (Å²) in [6, 6.07) is 17.7. The molecule has 174 valence electrons. The van der Waals surface area contributed by atoms with E-state index in [1.54, 1.807) is 18.7 Å². The third-order valence-electron chi connectivity index (χ3n) is 6.33. The summed E-state index contributed by atoms with van der Waals surface area (Å²) >= 11 is 0. The van der Waals surface area contributed by atoms with Gasteiger partial charge in [-0.15, -0.1) is 10.2 Å². The number of carbonyl (C=O) groups is 1. The molecule has 6 rings (SSSR count). The van der Waals surface area contributed by atoms with E-state index in [0.717, 1.165) is 22.2 Å². The number of nitrogens with zero attached hydrogens (tertiary/aromatic N) is 6. The molecule has 8 heteroatoms. The Morgan fingerprint density at radius 3 is 2.60 bits per heavy atom. The van der Waals surface area contributed by atoms with Gasteiger partial charge in [-0.25, -0.2) is 9.97 Å². The van der Waals surface area contributed by atoms with E-state index in [4.69, 9.17) is 0 Å². The first kappa shape index (κ1) is 21.2. The predicted octanol–water partition coefficient (Wildman–Crippen LogP) is 5.39. The molecule has 1 fully saturated rings. The Kier molecular flexibility index (Phi) is 5.13. The van der Waals surface area contributed by atoms with Crippen molar-refractivity contribution < 1.29 is 4.79 Å². The fraction of sp³-hybridized carbons (Fsp3) is 0.222. The summed E-state index contributed by atoms with van der Waals surface area (Å²) in [5.74, 6) is 1.42. The van der Waals surface area contributed by atoms with Gasteiger partial charge in [-0.1, -0.05) is 30.3 Å². The minimum absolute atomic E-state index is 0.191. The molecule has 3 heterocycles. The standard InChI is InChI=1S/C27H25N7O/c1-17(2)34-16-29-32-26(34)22-8-5-9-25(30-22)31-27(35)21-12-19-6-3-4-7-20(19)13-24(21)33-14-23(28-15-33)18-10-11-18/h3-9,12-18H,10-11H2,1-2H3,(H,30,31,35). The Morgan fingerprint density at radius 1 is 1.03 bits per heavy atom. The van der Waals surface area contributed by atoms with Crippen molar-refractivity contribution in [2.24, 2.45) is 0 Å². The molecule has 0 saturated heterocycles. The molecule has 8 nitrogen and oxygen atoms in total. The third kappa shape index (κ3) is 4.07. The molecule has 0 atom stereocenters. The first-order valence-electron chi connectivity index (χ1n) is 11.8. The quantitative estimate of drug-likeness (QED) is 0.365. The number of carbonyl (C=O) groups excluding carboxylic acids is 1. The Labute approximate surface area is 202 Å². The molecule has 0 radical (unpaired) electrons. The van der Waals surface area contributed by atoms with Crippen molar-refractivity contribution in [2.75, 3.05) is 5.32 Å². The van der Waals surface area contributed by atoms with Crippen LogP contribution in [0.25, 0.3) is 28.0 Å². The Hall–Kier alpha value is -4.33. The zero-order chi connectivity index (χ0) is 23.9. The van der Waals surface area contributed by atoms with Crippen molar-refractivity contribution >= 4 is 22.5 Å². The average molecular weight is 464 g/mol. The van der Waals surface area contributed by atoms with Gasteiger partial charge in [0.2, 0.25) is 0 Å². The summed E-state index contributed by atoms with van der Waals surface area (Å²) in [4.78, 5) is 22.8. The molecule has 0 aliphatic heterocycles. The molecule has 2 aromatic carbocycles. The van der Waals surface area contributed by atoms with Crippen molar-refractivity contribution in [3.05, 3.63) is 84.7 Å². The lowest BCUT2D eigenvalue weighted by molar-refractivity contribution is 0.102. The van der Waals surface area contributed by atoms with E-state index in [1.807, 2.05) is 57.8 Å². The number of hydrogen-bond acceptors (Lipinski definition) is 5. The Morgan fingerprint density at radius 2 is 1.83 bits per heavy atom. The lowest BCUT2D eigenvalue weighted by Crippen LogP contribution is -2.16. The highest BCUT2D eigenvalue weighted by Crippen LogP contribution is 2.39. The highest BCUT2D eigenvalue weighted by Gasteiger charge is 2.26. The van der Waals surface area contributed by atoms with Gasteiger partial charge in [-0.2, -0.15) is 0 Å². The van der Waals surface area contributed by atoms with Gasteiger partial charge in [0.1, 0.15) is 17.8 Å². The molecule has 1 amide bonds. The van der Waals surface area contributed by atoms with Crippen molar-refractivity contribution in [1.82, 2.24) is 29.3 Å². The van der Waals surface area contributed by atoms with Gasteiger partial charge in [-0.05, 0) is 61.7 Å². The molecular weight excluding hydrogens is 438 g/mol. The van der Waals surface area contributed by atoms with E-state index in [0.29, 0.717) is 28.8 Å². The largest absolute Gasteiger partial charge is 0.310 e. The van der Waals surface area contributed by atoms with E-state index in [1.165, 1.54) is 12.8 Å². The van der Waals surface area contributed by atoms with Gasteiger partial charge in [-0.3, -0.25) is 4.79 Å². The smallest absolute Gasteiger partial charge is 0.258 e. The monoisotopic (exact) mass is 463 g/mol. The molecule has 1 aliphatic carbocycles. The minimum atomic E-state index is -0.234. The van der Waals surface area contributed by atoms with Gasteiger partial charge in [0.15, 0.2) is 5.82 Å². The Bertz CT molecular complexity index is 1540. The first-order valence-corrected chi connectivity index (χ1v) is 11.8. The van der Waals surface area contributed by atoms with Gasteiger partial charge in [0.25, 0.3) is 5.91 Å². The van der Waals surface area contributed by atoms with E-state index >= 15 is 0 Å². The molecular formula is C27H25N7O. The van der Waals surface area contributed by atoms with Gasteiger partial charge in [0, 0.05) is 18.2 Å². The van der Waals surface area contributed by atoms with Crippen LogP contribution in [-0.2, 0) is 0 Å². The number of fused-ring (bicyclic) bond motifs is 1. The third-order valence-corrected chi connectivity index (χ3v) is 6.33. The molecule has 1 saturated carbocycles. The van der Waals surface area contributed by atoms with Gasteiger partial charge < -0.3 is 14.5 Å². The normalized spacial score (nSPS) is 13.5. The van der Waals surface area contributed by atoms with Crippen LogP contribution in [0.3, 0.4) is 0 Å². The number of rotatable bonds is 6. The fourth-order valence-electron chi connectivity index (χ4n) is 4.30. The van der Waals surface area contributed by atoms with Crippen LogP contribution in [-0.4, -0.2) is 35.2 Å². The first-order chi connectivity index (χ1) is 17.1. The summed E-state index contributed by atoms with van der Waals surface area (Å²) < 4.78 is 3.90. The van der Waals surface area contributed by atoms with Gasteiger partial charge >= 0.3 is 0 Å². The summed E-state index contributed by atoms with van der Waals surface area (Å²) in [6.07, 6.45) is 7.88. The maximum atomic E-state index is 13.6. The second-order valence-electron chi connectivity index (χ2n) is 9.21. The van der Waals surface area contributed by atoms with E-state index < -0.39 is 0 Å². The predicted molar refractivity (Wildman–Crippen MR) is 135 cm³/mol. The highest BCUT2D eigenvalue weighted by molar-refractivity contribution is 6.09. The molecule has 1 aliphatic rings. The van der Waals surface area contributed by atoms with Crippen LogP contribution in [0.15, 0.2) is 73.4 Å². The van der Waals surface area contributed by atoms with Crippen molar-refractivity contribution in [3.8, 4) is 17.2 Å². The molecule has 35 heavy (non-hydrogen) atoms. The molecule has 5 aromatic rings. The zero-order valence-electron chi connectivity index (χ0n) is 19.6. The van der Waals surface area contributed by atoms with Crippen LogP contribution in [0.2, 0.25) is 0 Å². The summed E-state index contributed by atoms with van der Waals surface area (Å²) in [6.45, 7) is 4.12. The van der Waals surface area contributed by atoms with Crippen LogP contribution in [0.5, 0.6) is 0 Å². The number of pyridine rings is 1. The van der Waals surface area contributed by atoms with E-state index in [2.05, 4.69) is 45.4 Å². The van der Waals surface area contributed by atoms with Crippen molar-refractivity contribution in [3.63, 3.8) is 0 Å². The average Bonchev–Trinajstić information content (AvgIpc) is 3.39. The van der Waals surface area contributed by atoms with Gasteiger partial charge in [0.05, 0.1) is 23.3 Å². The lowest BCUT2D eigenvalue weighted by Gasteiger charge is -2.13. The highest BCUT2D eigenvalue weighted by atomic mass is 16.1. The minimum Gasteiger partial charge on any atom is -0.310 e. The topological polar surface area (TPSA) is 90.5 Å². The SMILES string of the molecule is CC(C)n1cnnc1-c1cccc(NC(=O)c2cc3ccccc3cc2-n2cnc(C3CC3)c2)n1. The lowest BCUT2D eigenvalue weighted by atomic mass is 10.0. The second kappa shape index (κ2) is 8.47. The number of benzene rings is 2.